The smallest absolute Gasteiger partial charge is 0.339 e. The van der Waals surface area contributed by atoms with Gasteiger partial charge < -0.3 is 9.84 Å². The van der Waals surface area contributed by atoms with Crippen LogP contribution >= 0.6 is 22.6 Å². The Morgan fingerprint density at radius 2 is 1.81 bits per heavy atom. The van der Waals surface area contributed by atoms with Gasteiger partial charge in [-0.05, 0) is 47.2 Å². The molecular formula is C16H13IO4. The molecule has 5 heteroatoms. The van der Waals surface area contributed by atoms with E-state index in [2.05, 4.69) is 0 Å². The number of Topliss-reactive ketones (excluding diaryl/α,β-unsaturated/α-hetero) is 1. The van der Waals surface area contributed by atoms with Crippen molar-refractivity contribution in [2.75, 3.05) is 0 Å². The third-order valence-electron chi connectivity index (χ3n) is 2.92. The van der Waals surface area contributed by atoms with E-state index >= 15 is 0 Å². The molecule has 4 nitrogen and oxygen atoms in total. The predicted molar refractivity (Wildman–Crippen MR) is 86.9 cm³/mol. The molecule has 0 atom stereocenters. The van der Waals surface area contributed by atoms with Crippen molar-refractivity contribution in [2.45, 2.75) is 13.5 Å². The zero-order valence-electron chi connectivity index (χ0n) is 11.3. The topological polar surface area (TPSA) is 63.6 Å². The summed E-state index contributed by atoms with van der Waals surface area (Å²) in [4.78, 5) is 22.8. The predicted octanol–water partition coefficient (Wildman–Crippen LogP) is 3.77. The minimum Gasteiger partial charge on any atom is -0.488 e. The van der Waals surface area contributed by atoms with Crippen LogP contribution in [0.3, 0.4) is 0 Å². The van der Waals surface area contributed by atoms with Gasteiger partial charge in [0.1, 0.15) is 17.9 Å². The van der Waals surface area contributed by atoms with Crippen molar-refractivity contribution in [3.63, 3.8) is 0 Å². The molecule has 0 fully saturated rings. The number of carbonyl (C=O) groups excluding carboxylic acids is 1. The number of hydrogen-bond acceptors (Lipinski definition) is 3. The van der Waals surface area contributed by atoms with E-state index in [4.69, 9.17) is 4.74 Å². The minimum atomic E-state index is -1.11. The van der Waals surface area contributed by atoms with E-state index in [9.17, 15) is 14.7 Å². The summed E-state index contributed by atoms with van der Waals surface area (Å²) >= 11 is 2.00. The van der Waals surface area contributed by atoms with Crippen molar-refractivity contribution in [3.05, 3.63) is 62.7 Å². The first-order valence-corrected chi connectivity index (χ1v) is 7.31. The van der Waals surface area contributed by atoms with Crippen LogP contribution in [0.15, 0.2) is 42.5 Å². The molecule has 0 aliphatic heterocycles. The maximum absolute atomic E-state index is 11.5. The number of carboxylic acid groups (broad SMARTS) is 1. The molecule has 0 amide bonds. The number of carboxylic acids is 1. The molecule has 0 radical (unpaired) electrons. The van der Waals surface area contributed by atoms with Gasteiger partial charge in [0.05, 0.1) is 0 Å². The number of hydrogen-bond donors (Lipinski definition) is 1. The summed E-state index contributed by atoms with van der Waals surface area (Å²) in [6.07, 6.45) is 0. The van der Waals surface area contributed by atoms with Crippen molar-refractivity contribution >= 4 is 34.3 Å². The normalized spacial score (nSPS) is 10.2. The molecule has 0 spiro atoms. The molecule has 108 valence electrons. The third kappa shape index (κ3) is 3.81. The molecule has 0 unspecified atom stereocenters. The van der Waals surface area contributed by atoms with Crippen LogP contribution in [0, 0.1) is 3.57 Å². The Labute approximate surface area is 135 Å². The summed E-state index contributed by atoms with van der Waals surface area (Å²) in [5, 5.41) is 9.27. The molecule has 0 heterocycles. The Morgan fingerprint density at radius 3 is 2.38 bits per heavy atom. The second-order valence-corrected chi connectivity index (χ2v) is 5.63. The van der Waals surface area contributed by atoms with Gasteiger partial charge in [-0.2, -0.15) is 0 Å². The van der Waals surface area contributed by atoms with Gasteiger partial charge in [-0.25, -0.2) is 4.79 Å². The SMILES string of the molecule is CC(=O)c1cc(C(=O)O)c(OCc2ccccc2)cc1I. The molecular weight excluding hydrogens is 383 g/mol. The number of rotatable bonds is 5. The lowest BCUT2D eigenvalue weighted by molar-refractivity contribution is 0.0691. The molecule has 0 bridgehead atoms. The second-order valence-electron chi connectivity index (χ2n) is 4.46. The van der Waals surface area contributed by atoms with E-state index < -0.39 is 5.97 Å². The molecule has 2 aromatic carbocycles. The first-order valence-electron chi connectivity index (χ1n) is 6.23. The van der Waals surface area contributed by atoms with Crippen LogP contribution in [0.5, 0.6) is 5.75 Å². The molecule has 2 aromatic rings. The zero-order valence-corrected chi connectivity index (χ0v) is 13.5. The average Bonchev–Trinajstić information content (AvgIpc) is 2.45. The van der Waals surface area contributed by atoms with Crippen LogP contribution in [-0.2, 0) is 6.61 Å². The van der Waals surface area contributed by atoms with Gasteiger partial charge >= 0.3 is 5.97 Å². The zero-order chi connectivity index (χ0) is 15.4. The van der Waals surface area contributed by atoms with Crippen molar-refractivity contribution in [2.24, 2.45) is 0 Å². The molecule has 0 aromatic heterocycles. The van der Waals surface area contributed by atoms with Gasteiger partial charge in [-0.3, -0.25) is 4.79 Å². The summed E-state index contributed by atoms with van der Waals surface area (Å²) in [5.74, 6) is -1.02. The summed E-state index contributed by atoms with van der Waals surface area (Å²) in [6, 6.07) is 12.4. The molecule has 0 aliphatic carbocycles. The van der Waals surface area contributed by atoms with Crippen LogP contribution in [0.2, 0.25) is 0 Å². The molecule has 2 rings (SSSR count). The van der Waals surface area contributed by atoms with Crippen LogP contribution < -0.4 is 4.74 Å². The first kappa shape index (κ1) is 15.5. The van der Waals surface area contributed by atoms with Gasteiger partial charge in [0.2, 0.25) is 0 Å². The quantitative estimate of drug-likeness (QED) is 0.618. The lowest BCUT2D eigenvalue weighted by atomic mass is 10.1. The third-order valence-corrected chi connectivity index (χ3v) is 3.81. The van der Waals surface area contributed by atoms with E-state index in [-0.39, 0.29) is 23.7 Å². The summed E-state index contributed by atoms with van der Waals surface area (Å²) < 4.78 is 6.28. The number of halogens is 1. The molecule has 0 saturated carbocycles. The van der Waals surface area contributed by atoms with E-state index in [1.807, 2.05) is 52.9 Å². The van der Waals surface area contributed by atoms with Crippen molar-refractivity contribution in [3.8, 4) is 5.75 Å². The fourth-order valence-corrected chi connectivity index (χ4v) is 2.67. The standard InChI is InChI=1S/C16H13IO4/c1-10(18)12-7-13(16(19)20)15(8-14(12)17)21-9-11-5-3-2-4-6-11/h2-8H,9H2,1H3,(H,19,20). The number of ether oxygens (including phenoxy) is 1. The average molecular weight is 396 g/mol. The highest BCUT2D eigenvalue weighted by atomic mass is 127. The largest absolute Gasteiger partial charge is 0.488 e. The Morgan fingerprint density at radius 1 is 1.14 bits per heavy atom. The fourth-order valence-electron chi connectivity index (χ4n) is 1.85. The van der Waals surface area contributed by atoms with E-state index in [1.54, 1.807) is 6.07 Å². The summed E-state index contributed by atoms with van der Waals surface area (Å²) in [7, 11) is 0. The minimum absolute atomic E-state index is 0.00320. The number of ketones is 1. The van der Waals surface area contributed by atoms with Crippen LogP contribution in [-0.4, -0.2) is 16.9 Å². The first-order chi connectivity index (χ1) is 9.99. The van der Waals surface area contributed by atoms with Gasteiger partial charge in [-0.15, -0.1) is 0 Å². The lowest BCUT2D eigenvalue weighted by Crippen LogP contribution is -2.07. The Kier molecular flexibility index (Phi) is 4.95. The van der Waals surface area contributed by atoms with E-state index in [1.165, 1.54) is 13.0 Å². The maximum atomic E-state index is 11.5. The number of benzene rings is 2. The summed E-state index contributed by atoms with van der Waals surface area (Å²) in [5.41, 5.74) is 1.33. The number of carbonyl (C=O) groups is 2. The van der Waals surface area contributed by atoms with Gasteiger partial charge in [0.15, 0.2) is 5.78 Å². The Hall–Kier alpha value is -1.89. The van der Waals surface area contributed by atoms with E-state index in [0.29, 0.717) is 9.13 Å². The maximum Gasteiger partial charge on any atom is 0.339 e. The highest BCUT2D eigenvalue weighted by molar-refractivity contribution is 14.1. The molecule has 0 aliphatic rings. The fraction of sp³-hybridized carbons (Fsp3) is 0.125. The van der Waals surface area contributed by atoms with Gasteiger partial charge in [-0.1, -0.05) is 30.3 Å². The van der Waals surface area contributed by atoms with Crippen LogP contribution in [0.1, 0.15) is 33.2 Å². The second kappa shape index (κ2) is 6.71. The lowest BCUT2D eigenvalue weighted by Gasteiger charge is -2.12. The Balaban J connectivity index is 2.32. The van der Waals surface area contributed by atoms with Crippen molar-refractivity contribution < 1.29 is 19.4 Å². The monoisotopic (exact) mass is 396 g/mol. The summed E-state index contributed by atoms with van der Waals surface area (Å²) in [6.45, 7) is 1.68. The van der Waals surface area contributed by atoms with Gasteiger partial charge in [0.25, 0.3) is 0 Å². The number of aromatic carboxylic acids is 1. The van der Waals surface area contributed by atoms with Gasteiger partial charge in [0, 0.05) is 9.13 Å². The van der Waals surface area contributed by atoms with Crippen LogP contribution in [0.4, 0.5) is 0 Å². The molecule has 21 heavy (non-hydrogen) atoms. The highest BCUT2D eigenvalue weighted by Crippen LogP contribution is 2.26. The Bertz CT molecular complexity index is 680. The van der Waals surface area contributed by atoms with Crippen LogP contribution in [0.25, 0.3) is 0 Å². The molecule has 1 N–H and O–H groups in total. The molecule has 0 saturated heterocycles. The van der Waals surface area contributed by atoms with Crippen molar-refractivity contribution in [1.29, 1.82) is 0 Å². The highest BCUT2D eigenvalue weighted by Gasteiger charge is 2.17. The van der Waals surface area contributed by atoms with Crippen molar-refractivity contribution in [1.82, 2.24) is 0 Å². The van der Waals surface area contributed by atoms with E-state index in [0.717, 1.165) is 5.56 Å².